The Hall–Kier alpha value is -3.53. The van der Waals surface area contributed by atoms with Crippen molar-refractivity contribution in [3.05, 3.63) is 78.5 Å². The molecule has 0 aliphatic carbocycles. The second kappa shape index (κ2) is 7.61. The fraction of sp³-hybridized carbons (Fsp3) is 0.125. The van der Waals surface area contributed by atoms with Crippen LogP contribution in [0.2, 0.25) is 0 Å². The molecule has 0 aliphatic rings. The van der Waals surface area contributed by atoms with Crippen LogP contribution in [0.3, 0.4) is 0 Å². The third-order valence-corrected chi connectivity index (χ3v) is 4.64. The van der Waals surface area contributed by atoms with Crippen LogP contribution in [0.1, 0.15) is 12.5 Å². The lowest BCUT2D eigenvalue weighted by molar-refractivity contribution is -0.137. The molecule has 0 unspecified atom stereocenters. The van der Waals surface area contributed by atoms with Gasteiger partial charge in [-0.1, -0.05) is 36.4 Å². The number of aromatic nitrogens is 1. The molecule has 3 aromatic carbocycles. The number of fused-ring (bicyclic) bond motifs is 2. The summed E-state index contributed by atoms with van der Waals surface area (Å²) in [6.45, 7) is 2.15. The molecule has 0 N–H and O–H groups in total. The summed E-state index contributed by atoms with van der Waals surface area (Å²) >= 11 is 0. The van der Waals surface area contributed by atoms with E-state index in [0.717, 1.165) is 33.4 Å². The first-order valence-electron chi connectivity index (χ1n) is 9.25. The highest BCUT2D eigenvalue weighted by molar-refractivity contribution is 5.98. The smallest absolute Gasteiger partial charge is 0.330 e. The molecular formula is C24H21NO3. The molecule has 4 rings (SSSR count). The van der Waals surface area contributed by atoms with Gasteiger partial charge in [-0.15, -0.1) is 0 Å². The summed E-state index contributed by atoms with van der Waals surface area (Å²) in [5, 5.41) is 3.26. The van der Waals surface area contributed by atoms with Gasteiger partial charge < -0.3 is 14.0 Å². The SMILES string of the molecule is CCOC(=O)/C=C/c1cn(C)c2cccc(Oc3ccc4ccccc4c3)c12. The molecule has 0 spiro atoms. The number of ether oxygens (including phenoxy) is 2. The molecule has 0 bridgehead atoms. The van der Waals surface area contributed by atoms with E-state index in [1.165, 1.54) is 11.5 Å². The van der Waals surface area contributed by atoms with Gasteiger partial charge in [-0.25, -0.2) is 4.79 Å². The molecule has 1 heterocycles. The van der Waals surface area contributed by atoms with Crippen LogP contribution >= 0.6 is 0 Å². The van der Waals surface area contributed by atoms with Crippen molar-refractivity contribution in [2.75, 3.05) is 6.61 Å². The standard InChI is InChI=1S/C24H21NO3/c1-3-27-23(26)14-12-19-16-25(2)21-9-6-10-22(24(19)21)28-20-13-11-17-7-4-5-8-18(17)15-20/h4-16H,3H2,1-2H3/b14-12+. The van der Waals surface area contributed by atoms with E-state index in [-0.39, 0.29) is 5.97 Å². The van der Waals surface area contributed by atoms with Crippen LogP contribution in [0.4, 0.5) is 0 Å². The Labute approximate surface area is 163 Å². The third-order valence-electron chi connectivity index (χ3n) is 4.64. The van der Waals surface area contributed by atoms with Crippen LogP contribution in [0.25, 0.3) is 27.8 Å². The van der Waals surface area contributed by atoms with Crippen LogP contribution in [-0.2, 0) is 16.6 Å². The molecule has 28 heavy (non-hydrogen) atoms. The number of aryl methyl sites for hydroxylation is 1. The number of carbonyl (C=O) groups excluding carboxylic acids is 1. The van der Waals surface area contributed by atoms with Crippen LogP contribution in [-0.4, -0.2) is 17.1 Å². The Morgan fingerprint density at radius 2 is 1.86 bits per heavy atom. The predicted molar refractivity (Wildman–Crippen MR) is 113 cm³/mol. The van der Waals surface area contributed by atoms with E-state index in [4.69, 9.17) is 9.47 Å². The molecule has 1 aromatic heterocycles. The van der Waals surface area contributed by atoms with Crippen LogP contribution in [0.15, 0.2) is 72.9 Å². The first-order valence-corrected chi connectivity index (χ1v) is 9.25. The summed E-state index contributed by atoms with van der Waals surface area (Å²) in [6.07, 6.45) is 5.20. The zero-order chi connectivity index (χ0) is 19.5. The highest BCUT2D eigenvalue weighted by Gasteiger charge is 2.12. The van der Waals surface area contributed by atoms with E-state index in [1.54, 1.807) is 13.0 Å². The maximum Gasteiger partial charge on any atom is 0.330 e. The van der Waals surface area contributed by atoms with Crippen LogP contribution < -0.4 is 4.74 Å². The lowest BCUT2D eigenvalue weighted by Gasteiger charge is -2.09. The van der Waals surface area contributed by atoms with Gasteiger partial charge in [0.1, 0.15) is 11.5 Å². The Morgan fingerprint density at radius 1 is 1.04 bits per heavy atom. The Bertz CT molecular complexity index is 1190. The van der Waals surface area contributed by atoms with Crippen molar-refractivity contribution in [3.8, 4) is 11.5 Å². The molecule has 0 saturated carbocycles. The first kappa shape index (κ1) is 17.9. The highest BCUT2D eigenvalue weighted by atomic mass is 16.5. The Balaban J connectivity index is 1.74. The van der Waals surface area contributed by atoms with Gasteiger partial charge in [0.2, 0.25) is 0 Å². The van der Waals surface area contributed by atoms with E-state index in [1.807, 2.05) is 60.3 Å². The van der Waals surface area contributed by atoms with Gasteiger partial charge >= 0.3 is 5.97 Å². The number of benzene rings is 3. The topological polar surface area (TPSA) is 40.5 Å². The molecule has 140 valence electrons. The normalized spacial score (nSPS) is 11.4. The summed E-state index contributed by atoms with van der Waals surface area (Å²) in [4.78, 5) is 11.7. The quantitative estimate of drug-likeness (QED) is 0.334. The Kier molecular flexibility index (Phi) is 4.85. The fourth-order valence-electron chi connectivity index (χ4n) is 3.36. The molecular weight excluding hydrogens is 350 g/mol. The van der Waals surface area contributed by atoms with Gasteiger partial charge in [-0.05, 0) is 48.0 Å². The molecule has 0 saturated heterocycles. The third kappa shape index (κ3) is 3.49. The van der Waals surface area contributed by atoms with Gasteiger partial charge in [-0.2, -0.15) is 0 Å². The average molecular weight is 371 g/mol. The summed E-state index contributed by atoms with van der Waals surface area (Å²) in [7, 11) is 1.98. The highest BCUT2D eigenvalue weighted by Crippen LogP contribution is 2.35. The van der Waals surface area contributed by atoms with Crippen molar-refractivity contribution < 1.29 is 14.3 Å². The largest absolute Gasteiger partial charge is 0.463 e. The van der Waals surface area contributed by atoms with Crippen molar-refractivity contribution in [3.63, 3.8) is 0 Å². The van der Waals surface area contributed by atoms with E-state index >= 15 is 0 Å². The maximum absolute atomic E-state index is 11.7. The van der Waals surface area contributed by atoms with E-state index < -0.39 is 0 Å². The minimum Gasteiger partial charge on any atom is -0.463 e. The van der Waals surface area contributed by atoms with E-state index in [9.17, 15) is 4.79 Å². The minimum absolute atomic E-state index is 0.354. The number of rotatable bonds is 5. The van der Waals surface area contributed by atoms with Crippen molar-refractivity contribution in [1.29, 1.82) is 0 Å². The average Bonchev–Trinajstić information content (AvgIpc) is 3.03. The van der Waals surface area contributed by atoms with Crippen molar-refractivity contribution >= 4 is 33.7 Å². The Morgan fingerprint density at radius 3 is 2.68 bits per heavy atom. The molecule has 0 fully saturated rings. The van der Waals surface area contributed by atoms with Crippen molar-refractivity contribution in [1.82, 2.24) is 4.57 Å². The van der Waals surface area contributed by atoms with E-state index in [2.05, 4.69) is 18.2 Å². The minimum atomic E-state index is -0.354. The molecule has 0 aliphatic heterocycles. The molecule has 0 amide bonds. The van der Waals surface area contributed by atoms with Crippen LogP contribution in [0.5, 0.6) is 11.5 Å². The number of carbonyl (C=O) groups is 1. The zero-order valence-electron chi connectivity index (χ0n) is 15.9. The van der Waals surface area contributed by atoms with Gasteiger partial charge in [0.05, 0.1) is 12.1 Å². The number of hydrogen-bond donors (Lipinski definition) is 0. The van der Waals surface area contributed by atoms with Gasteiger partial charge in [0.15, 0.2) is 0 Å². The lowest BCUT2D eigenvalue weighted by atomic mass is 10.1. The monoisotopic (exact) mass is 371 g/mol. The summed E-state index contributed by atoms with van der Waals surface area (Å²) in [5.74, 6) is 1.17. The summed E-state index contributed by atoms with van der Waals surface area (Å²) < 4.78 is 13.3. The lowest BCUT2D eigenvalue weighted by Crippen LogP contribution is -1.98. The van der Waals surface area contributed by atoms with Crippen molar-refractivity contribution in [2.24, 2.45) is 7.05 Å². The van der Waals surface area contributed by atoms with Gasteiger partial charge in [-0.3, -0.25) is 0 Å². The molecule has 4 heteroatoms. The van der Waals surface area contributed by atoms with Crippen LogP contribution in [0, 0.1) is 0 Å². The molecule has 0 atom stereocenters. The second-order valence-electron chi connectivity index (χ2n) is 6.54. The van der Waals surface area contributed by atoms with Gasteiger partial charge in [0.25, 0.3) is 0 Å². The number of esters is 1. The van der Waals surface area contributed by atoms with Gasteiger partial charge in [0, 0.05) is 30.3 Å². The summed E-state index contributed by atoms with van der Waals surface area (Å²) in [6, 6.07) is 20.2. The molecule has 4 nitrogen and oxygen atoms in total. The van der Waals surface area contributed by atoms with E-state index in [0.29, 0.717) is 6.61 Å². The van der Waals surface area contributed by atoms with Crippen molar-refractivity contribution in [2.45, 2.75) is 6.92 Å². The predicted octanol–water partition coefficient (Wildman–Crippen LogP) is 5.70. The zero-order valence-corrected chi connectivity index (χ0v) is 15.9. The number of nitrogens with zero attached hydrogens (tertiary/aromatic N) is 1. The molecule has 4 aromatic rings. The molecule has 0 radical (unpaired) electrons. The fourth-order valence-corrected chi connectivity index (χ4v) is 3.36. The maximum atomic E-state index is 11.7. The number of hydrogen-bond acceptors (Lipinski definition) is 3. The second-order valence-corrected chi connectivity index (χ2v) is 6.54. The first-order chi connectivity index (χ1) is 13.7. The summed E-state index contributed by atoms with van der Waals surface area (Å²) in [5.41, 5.74) is 1.93.